The fraction of sp³-hybridized carbons (Fsp3) is 0.556. The quantitative estimate of drug-likeness (QED) is 0.494. The molecule has 0 aromatic heterocycles. The number of hydrogen-bond donors (Lipinski definition) is 0. The van der Waals surface area contributed by atoms with Crippen LogP contribution in [0.5, 0.6) is 0 Å². The minimum absolute atomic E-state index is 0.657. The van der Waals surface area contributed by atoms with Crippen LogP contribution in [0, 0.1) is 19.8 Å². The van der Waals surface area contributed by atoms with Gasteiger partial charge in [0.2, 0.25) is 0 Å². The molecule has 106 valence electrons. The van der Waals surface area contributed by atoms with Gasteiger partial charge in [-0.15, -0.1) is 0 Å². The SMILES string of the molecule is C=C(C)C(C)C.CC.CC.Cc1ccccc1C. The van der Waals surface area contributed by atoms with Crippen molar-refractivity contribution >= 4 is 0 Å². The van der Waals surface area contributed by atoms with E-state index in [0.29, 0.717) is 5.92 Å². The van der Waals surface area contributed by atoms with Gasteiger partial charge >= 0.3 is 0 Å². The lowest BCUT2D eigenvalue weighted by molar-refractivity contribution is 0.773. The monoisotopic (exact) mass is 250 g/mol. The number of allylic oxidation sites excluding steroid dienone is 1. The maximum atomic E-state index is 3.75. The van der Waals surface area contributed by atoms with E-state index in [1.165, 1.54) is 16.7 Å². The maximum Gasteiger partial charge on any atom is -0.0266 e. The molecule has 0 amide bonds. The first-order valence-electron chi connectivity index (χ1n) is 7.12. The zero-order valence-corrected chi connectivity index (χ0v) is 14.1. The van der Waals surface area contributed by atoms with Crippen molar-refractivity contribution in [2.75, 3.05) is 0 Å². The zero-order chi connectivity index (χ0) is 15.1. The van der Waals surface area contributed by atoms with E-state index in [0.717, 1.165) is 0 Å². The second kappa shape index (κ2) is 16.0. The first-order valence-corrected chi connectivity index (χ1v) is 7.12. The van der Waals surface area contributed by atoms with Crippen LogP contribution < -0.4 is 0 Å². The fourth-order valence-corrected chi connectivity index (χ4v) is 0.663. The first-order chi connectivity index (χ1) is 8.45. The molecule has 0 radical (unpaired) electrons. The molecule has 0 heteroatoms. The maximum absolute atomic E-state index is 3.75. The van der Waals surface area contributed by atoms with Gasteiger partial charge in [0.1, 0.15) is 0 Å². The van der Waals surface area contributed by atoms with Gasteiger partial charge in [-0.05, 0) is 37.8 Å². The smallest absolute Gasteiger partial charge is 0.0266 e. The van der Waals surface area contributed by atoms with Gasteiger partial charge in [-0.1, -0.05) is 78.0 Å². The van der Waals surface area contributed by atoms with E-state index in [9.17, 15) is 0 Å². The third kappa shape index (κ3) is 15.0. The molecule has 1 aromatic carbocycles. The molecule has 0 aliphatic heterocycles. The summed E-state index contributed by atoms with van der Waals surface area (Å²) < 4.78 is 0. The Hall–Kier alpha value is -1.04. The van der Waals surface area contributed by atoms with Crippen LogP contribution >= 0.6 is 0 Å². The number of rotatable bonds is 1. The molecule has 0 spiro atoms. The van der Waals surface area contributed by atoms with Crippen molar-refractivity contribution in [2.45, 2.75) is 62.3 Å². The molecule has 0 aliphatic carbocycles. The van der Waals surface area contributed by atoms with Gasteiger partial charge in [0.15, 0.2) is 0 Å². The number of benzene rings is 1. The number of aryl methyl sites for hydroxylation is 2. The topological polar surface area (TPSA) is 0 Å². The molecule has 1 aromatic rings. The van der Waals surface area contributed by atoms with Crippen molar-refractivity contribution in [3.05, 3.63) is 47.5 Å². The van der Waals surface area contributed by atoms with Crippen molar-refractivity contribution in [1.82, 2.24) is 0 Å². The standard InChI is InChI=1S/C8H10.C6H12.2C2H6/c1-7-5-3-4-6-8(7)2;1-5(2)6(3)4;2*1-2/h3-6H,1-2H3;6H,1H2,2-4H3;2*1-2H3. The van der Waals surface area contributed by atoms with Crippen LogP contribution in [0.4, 0.5) is 0 Å². The zero-order valence-electron chi connectivity index (χ0n) is 14.1. The predicted molar refractivity (Wildman–Crippen MR) is 88.3 cm³/mol. The van der Waals surface area contributed by atoms with E-state index in [1.54, 1.807) is 0 Å². The van der Waals surface area contributed by atoms with Gasteiger partial charge in [0.05, 0.1) is 0 Å². The molecule has 0 heterocycles. The summed E-state index contributed by atoms with van der Waals surface area (Å²) in [6.45, 7) is 22.3. The van der Waals surface area contributed by atoms with Gasteiger partial charge in [-0.25, -0.2) is 0 Å². The Kier molecular flexibility index (Phi) is 19.7. The third-order valence-corrected chi connectivity index (χ3v) is 2.41. The van der Waals surface area contributed by atoms with Crippen molar-refractivity contribution in [3.8, 4) is 0 Å². The molecule has 0 unspecified atom stereocenters. The second-order valence-corrected chi connectivity index (χ2v) is 4.09. The summed E-state index contributed by atoms with van der Waals surface area (Å²) in [5.41, 5.74) is 4.00. The molecule has 0 bridgehead atoms. The summed E-state index contributed by atoms with van der Waals surface area (Å²) in [5.74, 6) is 0.657. The molecule has 0 N–H and O–H groups in total. The van der Waals surface area contributed by atoms with E-state index in [1.807, 2.05) is 34.6 Å². The Labute approximate surface area is 116 Å². The largest absolute Gasteiger partial charge is 0.0999 e. The van der Waals surface area contributed by atoms with E-state index < -0.39 is 0 Å². The van der Waals surface area contributed by atoms with Crippen LogP contribution in [0.3, 0.4) is 0 Å². The average Bonchev–Trinajstić information content (AvgIpc) is 2.38. The van der Waals surface area contributed by atoms with Crippen LogP contribution in [0.15, 0.2) is 36.4 Å². The van der Waals surface area contributed by atoms with E-state index >= 15 is 0 Å². The molecular formula is C18H34. The summed E-state index contributed by atoms with van der Waals surface area (Å²) >= 11 is 0. The molecule has 0 saturated carbocycles. The normalized spacial score (nSPS) is 7.89. The summed E-state index contributed by atoms with van der Waals surface area (Å²) in [7, 11) is 0. The van der Waals surface area contributed by atoms with Crippen molar-refractivity contribution in [3.63, 3.8) is 0 Å². The highest BCUT2D eigenvalue weighted by atomic mass is 13.9. The molecule has 0 atom stereocenters. The van der Waals surface area contributed by atoms with E-state index in [-0.39, 0.29) is 0 Å². The van der Waals surface area contributed by atoms with Gasteiger partial charge in [-0.2, -0.15) is 0 Å². The Bertz CT molecular complexity index is 261. The van der Waals surface area contributed by atoms with Crippen molar-refractivity contribution in [1.29, 1.82) is 0 Å². The predicted octanol–water partition coefficient (Wildman–Crippen LogP) is 6.57. The van der Waals surface area contributed by atoms with Gasteiger partial charge in [0.25, 0.3) is 0 Å². The van der Waals surface area contributed by atoms with Crippen LogP contribution in [0.2, 0.25) is 0 Å². The minimum atomic E-state index is 0.657. The molecule has 0 nitrogen and oxygen atoms in total. The molecule has 0 fully saturated rings. The van der Waals surface area contributed by atoms with Crippen LogP contribution in [-0.4, -0.2) is 0 Å². The van der Waals surface area contributed by atoms with Crippen LogP contribution in [0.1, 0.15) is 59.6 Å². The lowest BCUT2D eigenvalue weighted by atomic mass is 10.1. The Morgan fingerprint density at radius 2 is 1.11 bits per heavy atom. The Morgan fingerprint density at radius 3 is 1.22 bits per heavy atom. The highest BCUT2D eigenvalue weighted by Gasteiger charge is 1.87. The van der Waals surface area contributed by atoms with Gasteiger partial charge in [-0.3, -0.25) is 0 Å². The molecule has 18 heavy (non-hydrogen) atoms. The molecule has 0 saturated heterocycles. The number of hydrogen-bond acceptors (Lipinski definition) is 0. The molecule has 0 aliphatic rings. The highest BCUT2D eigenvalue weighted by Crippen LogP contribution is 2.03. The fourth-order valence-electron chi connectivity index (χ4n) is 0.663. The van der Waals surface area contributed by atoms with Gasteiger partial charge in [0, 0.05) is 0 Å². The second-order valence-electron chi connectivity index (χ2n) is 4.09. The Balaban J connectivity index is -0.000000201. The first kappa shape index (κ1) is 22.2. The lowest BCUT2D eigenvalue weighted by Crippen LogP contribution is -1.83. The van der Waals surface area contributed by atoms with Crippen molar-refractivity contribution < 1.29 is 0 Å². The summed E-state index contributed by atoms with van der Waals surface area (Å²) in [4.78, 5) is 0. The van der Waals surface area contributed by atoms with E-state index in [4.69, 9.17) is 0 Å². The van der Waals surface area contributed by atoms with Crippen LogP contribution in [0.25, 0.3) is 0 Å². The minimum Gasteiger partial charge on any atom is -0.0999 e. The summed E-state index contributed by atoms with van der Waals surface area (Å²) in [5, 5.41) is 0. The van der Waals surface area contributed by atoms with E-state index in [2.05, 4.69) is 58.5 Å². The third-order valence-electron chi connectivity index (χ3n) is 2.41. The summed E-state index contributed by atoms with van der Waals surface area (Å²) in [6.07, 6.45) is 0. The Morgan fingerprint density at radius 1 is 0.889 bits per heavy atom. The van der Waals surface area contributed by atoms with Crippen LogP contribution in [-0.2, 0) is 0 Å². The average molecular weight is 250 g/mol. The lowest BCUT2D eigenvalue weighted by Gasteiger charge is -1.97. The summed E-state index contributed by atoms with van der Waals surface area (Å²) in [6, 6.07) is 8.36. The molecule has 1 rings (SSSR count). The van der Waals surface area contributed by atoms with Crippen molar-refractivity contribution in [2.24, 2.45) is 5.92 Å². The molecular weight excluding hydrogens is 216 g/mol. The highest BCUT2D eigenvalue weighted by molar-refractivity contribution is 5.23. The van der Waals surface area contributed by atoms with Gasteiger partial charge < -0.3 is 0 Å².